The lowest BCUT2D eigenvalue weighted by atomic mass is 9.96. The molecule has 0 spiro atoms. The molecular formula is C28H19ClN2. The van der Waals surface area contributed by atoms with Crippen LogP contribution in [0.5, 0.6) is 0 Å². The summed E-state index contributed by atoms with van der Waals surface area (Å²) in [5.41, 5.74) is 7.26. The average molecular weight is 419 g/mol. The molecule has 1 heterocycles. The third-order valence-electron chi connectivity index (χ3n) is 5.17. The summed E-state index contributed by atoms with van der Waals surface area (Å²) in [6.07, 6.45) is 0. The second kappa shape index (κ2) is 8.55. The van der Waals surface area contributed by atoms with Crippen molar-refractivity contribution in [2.75, 3.05) is 0 Å². The van der Waals surface area contributed by atoms with E-state index in [4.69, 9.17) is 16.6 Å². The van der Waals surface area contributed by atoms with Crippen molar-refractivity contribution in [2.45, 2.75) is 0 Å². The van der Waals surface area contributed by atoms with Gasteiger partial charge in [0.1, 0.15) is 5.15 Å². The lowest BCUT2D eigenvalue weighted by molar-refractivity contribution is 1.18. The number of hydrogen-bond acceptors (Lipinski definition) is 2. The van der Waals surface area contributed by atoms with Crippen molar-refractivity contribution in [1.82, 2.24) is 9.97 Å². The number of hydrogen-bond donors (Lipinski definition) is 0. The molecule has 1 aromatic heterocycles. The van der Waals surface area contributed by atoms with Gasteiger partial charge in [-0.15, -0.1) is 0 Å². The lowest BCUT2D eigenvalue weighted by Crippen LogP contribution is -1.94. The number of nitrogens with zero attached hydrogens (tertiary/aromatic N) is 2. The maximum Gasteiger partial charge on any atom is 0.161 e. The van der Waals surface area contributed by atoms with Crippen LogP contribution in [0.15, 0.2) is 115 Å². The van der Waals surface area contributed by atoms with E-state index < -0.39 is 0 Å². The molecule has 0 amide bonds. The molecule has 0 aliphatic heterocycles. The van der Waals surface area contributed by atoms with E-state index in [0.29, 0.717) is 11.0 Å². The quantitative estimate of drug-likeness (QED) is 0.278. The second-order valence-electron chi connectivity index (χ2n) is 7.30. The fourth-order valence-corrected chi connectivity index (χ4v) is 3.84. The SMILES string of the molecule is Clc1cc(-c2ccccc2)nc(-c2cc(-c3ccccc3)cc(-c3ccccc3)c2)n1. The number of benzene rings is 4. The monoisotopic (exact) mass is 418 g/mol. The van der Waals surface area contributed by atoms with E-state index in [2.05, 4.69) is 47.4 Å². The summed E-state index contributed by atoms with van der Waals surface area (Å²) in [5, 5.41) is 0.426. The van der Waals surface area contributed by atoms with E-state index in [1.165, 1.54) is 0 Å². The first-order chi connectivity index (χ1) is 15.3. The Balaban J connectivity index is 1.70. The molecule has 2 nitrogen and oxygen atoms in total. The van der Waals surface area contributed by atoms with Crippen LogP contribution < -0.4 is 0 Å². The summed E-state index contributed by atoms with van der Waals surface area (Å²) in [4.78, 5) is 9.40. The van der Waals surface area contributed by atoms with E-state index in [1.54, 1.807) is 6.07 Å². The number of aromatic nitrogens is 2. The van der Waals surface area contributed by atoms with Crippen LogP contribution in [0.4, 0.5) is 0 Å². The molecule has 5 rings (SSSR count). The van der Waals surface area contributed by atoms with Gasteiger partial charge < -0.3 is 0 Å². The van der Waals surface area contributed by atoms with E-state index in [-0.39, 0.29) is 0 Å². The van der Waals surface area contributed by atoms with Crippen LogP contribution in [0.25, 0.3) is 44.9 Å². The third-order valence-corrected chi connectivity index (χ3v) is 5.36. The van der Waals surface area contributed by atoms with Crippen LogP contribution in [0.1, 0.15) is 0 Å². The normalized spacial score (nSPS) is 10.7. The third kappa shape index (κ3) is 4.25. The predicted octanol–water partition coefficient (Wildman–Crippen LogP) is 7.80. The van der Waals surface area contributed by atoms with Crippen molar-refractivity contribution < 1.29 is 0 Å². The Kier molecular flexibility index (Phi) is 5.30. The molecule has 0 fully saturated rings. The molecule has 148 valence electrons. The average Bonchev–Trinajstić information content (AvgIpc) is 2.85. The first kappa shape index (κ1) is 19.2. The zero-order valence-electron chi connectivity index (χ0n) is 16.7. The van der Waals surface area contributed by atoms with Gasteiger partial charge in [0.15, 0.2) is 5.82 Å². The number of rotatable bonds is 4. The molecule has 0 bridgehead atoms. The van der Waals surface area contributed by atoms with Gasteiger partial charge in [-0.3, -0.25) is 0 Å². The minimum atomic E-state index is 0.426. The Hall–Kier alpha value is -3.75. The van der Waals surface area contributed by atoms with E-state index in [1.807, 2.05) is 66.7 Å². The van der Waals surface area contributed by atoms with Gasteiger partial charge in [-0.1, -0.05) is 103 Å². The molecule has 0 aliphatic rings. The van der Waals surface area contributed by atoms with E-state index in [0.717, 1.165) is 39.1 Å². The van der Waals surface area contributed by atoms with Gasteiger partial charge in [-0.05, 0) is 40.5 Å². The Bertz CT molecular complexity index is 1260. The molecule has 3 heteroatoms. The summed E-state index contributed by atoms with van der Waals surface area (Å²) in [6.45, 7) is 0. The first-order valence-electron chi connectivity index (χ1n) is 10.1. The van der Waals surface area contributed by atoms with Crippen molar-refractivity contribution in [2.24, 2.45) is 0 Å². The highest BCUT2D eigenvalue weighted by Crippen LogP contribution is 2.33. The molecule has 0 aliphatic carbocycles. The van der Waals surface area contributed by atoms with Crippen LogP contribution >= 0.6 is 11.6 Å². The Morgan fingerprint density at radius 3 is 1.39 bits per heavy atom. The van der Waals surface area contributed by atoms with Crippen LogP contribution in [0, 0.1) is 0 Å². The van der Waals surface area contributed by atoms with Crippen LogP contribution in [0.2, 0.25) is 5.15 Å². The van der Waals surface area contributed by atoms with Crippen molar-refractivity contribution in [3.63, 3.8) is 0 Å². The summed E-state index contributed by atoms with van der Waals surface area (Å²) in [6, 6.07) is 39.0. The maximum absolute atomic E-state index is 6.41. The van der Waals surface area contributed by atoms with Crippen LogP contribution in [-0.2, 0) is 0 Å². The van der Waals surface area contributed by atoms with E-state index >= 15 is 0 Å². The molecular weight excluding hydrogens is 400 g/mol. The van der Waals surface area contributed by atoms with Gasteiger partial charge >= 0.3 is 0 Å². The van der Waals surface area contributed by atoms with Crippen molar-refractivity contribution in [3.05, 3.63) is 120 Å². The lowest BCUT2D eigenvalue weighted by Gasteiger charge is -2.11. The fourth-order valence-electron chi connectivity index (χ4n) is 3.65. The molecule has 0 saturated heterocycles. The second-order valence-corrected chi connectivity index (χ2v) is 7.68. The van der Waals surface area contributed by atoms with Gasteiger partial charge in [0.05, 0.1) is 5.69 Å². The van der Waals surface area contributed by atoms with E-state index in [9.17, 15) is 0 Å². The summed E-state index contributed by atoms with van der Waals surface area (Å²) in [7, 11) is 0. The highest BCUT2D eigenvalue weighted by molar-refractivity contribution is 6.29. The molecule has 0 saturated carbocycles. The maximum atomic E-state index is 6.41. The van der Waals surface area contributed by atoms with Crippen molar-refractivity contribution in [1.29, 1.82) is 0 Å². The highest BCUT2D eigenvalue weighted by Gasteiger charge is 2.12. The topological polar surface area (TPSA) is 25.8 Å². The van der Waals surface area contributed by atoms with Gasteiger partial charge in [0, 0.05) is 17.2 Å². The molecule has 0 atom stereocenters. The molecule has 4 aromatic carbocycles. The summed E-state index contributed by atoms with van der Waals surface area (Å²) >= 11 is 6.41. The number of halogens is 1. The van der Waals surface area contributed by atoms with Crippen molar-refractivity contribution in [3.8, 4) is 44.9 Å². The summed E-state index contributed by atoms with van der Waals surface area (Å²) < 4.78 is 0. The van der Waals surface area contributed by atoms with Crippen LogP contribution in [0.3, 0.4) is 0 Å². The molecule has 5 aromatic rings. The zero-order valence-corrected chi connectivity index (χ0v) is 17.5. The highest BCUT2D eigenvalue weighted by atomic mass is 35.5. The van der Waals surface area contributed by atoms with Gasteiger partial charge in [-0.2, -0.15) is 0 Å². The molecule has 0 unspecified atom stereocenters. The Morgan fingerprint density at radius 1 is 0.419 bits per heavy atom. The fraction of sp³-hybridized carbons (Fsp3) is 0. The first-order valence-corrected chi connectivity index (χ1v) is 10.5. The largest absolute Gasteiger partial charge is 0.228 e. The standard InChI is InChI=1S/C28H19ClN2/c29-27-19-26(22-14-8-3-9-15-22)30-28(31-27)25-17-23(20-10-4-1-5-11-20)16-24(18-25)21-12-6-2-7-13-21/h1-19H. The van der Waals surface area contributed by atoms with Gasteiger partial charge in [0.2, 0.25) is 0 Å². The molecule has 0 radical (unpaired) electrons. The Morgan fingerprint density at radius 2 is 0.871 bits per heavy atom. The van der Waals surface area contributed by atoms with Crippen molar-refractivity contribution >= 4 is 11.6 Å². The minimum Gasteiger partial charge on any atom is -0.228 e. The smallest absolute Gasteiger partial charge is 0.161 e. The Labute approximate surface area is 186 Å². The molecule has 0 N–H and O–H groups in total. The summed E-state index contributed by atoms with van der Waals surface area (Å²) in [5.74, 6) is 0.612. The van der Waals surface area contributed by atoms with Gasteiger partial charge in [-0.25, -0.2) is 9.97 Å². The minimum absolute atomic E-state index is 0.426. The van der Waals surface area contributed by atoms with Crippen LogP contribution in [-0.4, -0.2) is 9.97 Å². The predicted molar refractivity (Wildman–Crippen MR) is 129 cm³/mol. The van der Waals surface area contributed by atoms with Gasteiger partial charge in [0.25, 0.3) is 0 Å². The zero-order chi connectivity index (χ0) is 21.0. The molecule has 31 heavy (non-hydrogen) atoms.